The zero-order chi connectivity index (χ0) is 14.0. The third kappa shape index (κ3) is 2.98. The Labute approximate surface area is 117 Å². The summed E-state index contributed by atoms with van der Waals surface area (Å²) in [6, 6.07) is 3.39. The van der Waals surface area contributed by atoms with E-state index in [4.69, 9.17) is 17.4 Å². The normalized spacial score (nSPS) is 21.2. The van der Waals surface area contributed by atoms with Gasteiger partial charge in [0.15, 0.2) is 0 Å². The monoisotopic (exact) mass is 282 g/mol. The molecule has 1 heterocycles. The van der Waals surface area contributed by atoms with Gasteiger partial charge in [-0.1, -0.05) is 31.9 Å². The average molecular weight is 283 g/mol. The molecule has 1 unspecified atom stereocenters. The Bertz CT molecular complexity index is 490. The lowest BCUT2D eigenvalue weighted by molar-refractivity contribution is 0.0905. The molecule has 0 saturated heterocycles. The minimum absolute atomic E-state index is 0.117. The number of aromatic nitrogens is 1. The first-order chi connectivity index (χ1) is 8.94. The van der Waals surface area contributed by atoms with Gasteiger partial charge in [0.05, 0.1) is 5.02 Å². The van der Waals surface area contributed by atoms with Gasteiger partial charge in [-0.3, -0.25) is 4.79 Å². The predicted octanol–water partition coefficient (Wildman–Crippen LogP) is 2.33. The number of halogens is 1. The van der Waals surface area contributed by atoms with E-state index >= 15 is 0 Å². The topological polar surface area (TPSA) is 80.0 Å². The van der Waals surface area contributed by atoms with Crippen molar-refractivity contribution in [3.05, 3.63) is 22.8 Å². The highest BCUT2D eigenvalue weighted by Gasteiger charge is 2.35. The van der Waals surface area contributed by atoms with Crippen molar-refractivity contribution in [2.24, 2.45) is 11.3 Å². The Morgan fingerprint density at radius 2 is 2.26 bits per heavy atom. The van der Waals surface area contributed by atoms with Crippen molar-refractivity contribution in [2.75, 3.05) is 5.43 Å². The molecule has 0 radical (unpaired) electrons. The molecule has 1 aliphatic rings. The predicted molar refractivity (Wildman–Crippen MR) is 75.9 cm³/mol. The number of nitrogen functional groups attached to an aromatic ring is 1. The van der Waals surface area contributed by atoms with Crippen molar-refractivity contribution in [1.29, 1.82) is 0 Å². The van der Waals surface area contributed by atoms with Gasteiger partial charge in [0.2, 0.25) is 0 Å². The van der Waals surface area contributed by atoms with E-state index in [9.17, 15) is 4.79 Å². The Morgan fingerprint density at radius 1 is 1.53 bits per heavy atom. The fourth-order valence-corrected chi connectivity index (χ4v) is 2.69. The summed E-state index contributed by atoms with van der Waals surface area (Å²) in [6.07, 6.45) is 3.23. The first kappa shape index (κ1) is 14.1. The molecule has 1 fully saturated rings. The van der Waals surface area contributed by atoms with Gasteiger partial charge >= 0.3 is 0 Å². The molecule has 1 atom stereocenters. The highest BCUT2D eigenvalue weighted by molar-refractivity contribution is 6.33. The van der Waals surface area contributed by atoms with Crippen molar-refractivity contribution >= 4 is 23.3 Å². The van der Waals surface area contributed by atoms with E-state index in [0.717, 1.165) is 19.3 Å². The lowest BCUT2D eigenvalue weighted by atomic mass is 9.87. The summed E-state index contributed by atoms with van der Waals surface area (Å²) in [7, 11) is 0. The zero-order valence-electron chi connectivity index (χ0n) is 11.2. The number of hydrogen-bond acceptors (Lipinski definition) is 4. The van der Waals surface area contributed by atoms with Gasteiger partial charge < -0.3 is 10.7 Å². The molecule has 2 rings (SSSR count). The highest BCUT2D eigenvalue weighted by Crippen LogP contribution is 2.37. The van der Waals surface area contributed by atoms with E-state index in [0.29, 0.717) is 10.8 Å². The molecule has 1 aromatic rings. The van der Waals surface area contributed by atoms with Crippen LogP contribution in [-0.4, -0.2) is 16.9 Å². The van der Waals surface area contributed by atoms with E-state index < -0.39 is 0 Å². The summed E-state index contributed by atoms with van der Waals surface area (Å²) >= 11 is 6.01. The maximum Gasteiger partial charge on any atom is 0.271 e. The van der Waals surface area contributed by atoms with E-state index in [1.807, 2.05) is 0 Å². The van der Waals surface area contributed by atoms with E-state index in [1.54, 1.807) is 12.1 Å². The Hall–Kier alpha value is -1.33. The standard InChI is InChI=1S/C13H19ClN4O/c1-13(2)7-3-4-9(13)16-12(19)11-8(14)5-6-10(17-11)18-15/h5-6,9H,3-4,7,15H2,1-2H3,(H,16,19)(H,17,18). The Balaban J connectivity index is 2.16. The first-order valence-corrected chi connectivity index (χ1v) is 6.76. The van der Waals surface area contributed by atoms with Gasteiger partial charge in [0.1, 0.15) is 11.5 Å². The molecule has 19 heavy (non-hydrogen) atoms. The molecule has 1 aliphatic carbocycles. The summed E-state index contributed by atoms with van der Waals surface area (Å²) in [5.74, 6) is 5.46. The van der Waals surface area contributed by atoms with Crippen LogP contribution in [-0.2, 0) is 0 Å². The number of nitrogens with zero attached hydrogens (tertiary/aromatic N) is 1. The second-order valence-electron chi connectivity index (χ2n) is 5.58. The van der Waals surface area contributed by atoms with Gasteiger partial charge in [-0.2, -0.15) is 0 Å². The smallest absolute Gasteiger partial charge is 0.271 e. The number of hydrazine groups is 1. The number of nitrogens with one attached hydrogen (secondary N) is 2. The minimum Gasteiger partial charge on any atom is -0.347 e. The molecule has 0 aliphatic heterocycles. The summed E-state index contributed by atoms with van der Waals surface area (Å²) in [5.41, 5.74) is 2.73. The number of amides is 1. The molecule has 5 nitrogen and oxygen atoms in total. The molecule has 6 heteroatoms. The van der Waals surface area contributed by atoms with E-state index in [2.05, 4.69) is 29.6 Å². The lowest BCUT2D eigenvalue weighted by Gasteiger charge is -2.27. The summed E-state index contributed by atoms with van der Waals surface area (Å²) < 4.78 is 0. The average Bonchev–Trinajstić information content (AvgIpc) is 2.69. The van der Waals surface area contributed by atoms with Crippen LogP contribution in [0.2, 0.25) is 5.02 Å². The number of pyridine rings is 1. The van der Waals surface area contributed by atoms with Gasteiger partial charge in [-0.15, -0.1) is 0 Å². The van der Waals surface area contributed by atoms with Crippen LogP contribution < -0.4 is 16.6 Å². The second-order valence-corrected chi connectivity index (χ2v) is 5.99. The SMILES string of the molecule is CC1(C)CCCC1NC(=O)c1nc(NN)ccc1Cl. The van der Waals surface area contributed by atoms with Crippen LogP contribution in [0.5, 0.6) is 0 Å². The van der Waals surface area contributed by atoms with Crippen molar-refractivity contribution in [2.45, 2.75) is 39.2 Å². The molecule has 1 saturated carbocycles. The fraction of sp³-hybridized carbons (Fsp3) is 0.538. The molecular weight excluding hydrogens is 264 g/mol. The number of rotatable bonds is 3. The Morgan fingerprint density at radius 3 is 2.84 bits per heavy atom. The quantitative estimate of drug-likeness (QED) is 0.587. The van der Waals surface area contributed by atoms with Gasteiger partial charge in [-0.05, 0) is 30.4 Å². The molecular formula is C13H19ClN4O. The third-order valence-corrected chi connectivity index (χ3v) is 4.08. The van der Waals surface area contributed by atoms with Crippen LogP contribution in [0.15, 0.2) is 12.1 Å². The van der Waals surface area contributed by atoms with E-state index in [1.165, 1.54) is 0 Å². The molecule has 0 aromatic carbocycles. The maximum absolute atomic E-state index is 12.3. The molecule has 104 valence electrons. The Kier molecular flexibility index (Phi) is 3.96. The van der Waals surface area contributed by atoms with Crippen molar-refractivity contribution in [3.63, 3.8) is 0 Å². The number of hydrogen-bond donors (Lipinski definition) is 3. The third-order valence-electron chi connectivity index (χ3n) is 3.77. The number of carbonyl (C=O) groups is 1. The molecule has 0 spiro atoms. The second kappa shape index (κ2) is 5.35. The van der Waals surface area contributed by atoms with Gasteiger partial charge in [0.25, 0.3) is 5.91 Å². The number of carbonyl (C=O) groups excluding carboxylic acids is 1. The zero-order valence-corrected chi connectivity index (χ0v) is 11.9. The largest absolute Gasteiger partial charge is 0.347 e. The van der Waals surface area contributed by atoms with E-state index in [-0.39, 0.29) is 23.1 Å². The lowest BCUT2D eigenvalue weighted by Crippen LogP contribution is -2.41. The fourth-order valence-electron chi connectivity index (χ4n) is 2.50. The summed E-state index contributed by atoms with van der Waals surface area (Å²) in [4.78, 5) is 16.4. The van der Waals surface area contributed by atoms with Crippen molar-refractivity contribution in [1.82, 2.24) is 10.3 Å². The summed E-state index contributed by atoms with van der Waals surface area (Å²) in [6.45, 7) is 4.33. The summed E-state index contributed by atoms with van der Waals surface area (Å²) in [5, 5.41) is 3.35. The van der Waals surface area contributed by atoms with Gasteiger partial charge in [0, 0.05) is 6.04 Å². The van der Waals surface area contributed by atoms with Gasteiger partial charge in [-0.25, -0.2) is 10.8 Å². The van der Waals surface area contributed by atoms with Crippen molar-refractivity contribution in [3.8, 4) is 0 Å². The first-order valence-electron chi connectivity index (χ1n) is 6.38. The minimum atomic E-state index is -0.248. The van der Waals surface area contributed by atoms with Crippen LogP contribution in [0.25, 0.3) is 0 Å². The molecule has 1 aromatic heterocycles. The molecule has 1 amide bonds. The highest BCUT2D eigenvalue weighted by atomic mass is 35.5. The van der Waals surface area contributed by atoms with Crippen LogP contribution in [0.3, 0.4) is 0 Å². The number of anilines is 1. The molecule has 4 N–H and O–H groups in total. The molecule has 0 bridgehead atoms. The van der Waals surface area contributed by atoms with Crippen LogP contribution in [0.4, 0.5) is 5.82 Å². The van der Waals surface area contributed by atoms with Crippen LogP contribution in [0.1, 0.15) is 43.6 Å². The van der Waals surface area contributed by atoms with Crippen molar-refractivity contribution < 1.29 is 4.79 Å². The van der Waals surface area contributed by atoms with Crippen LogP contribution >= 0.6 is 11.6 Å². The van der Waals surface area contributed by atoms with Crippen LogP contribution in [0, 0.1) is 5.41 Å². The number of nitrogens with two attached hydrogens (primary N) is 1. The maximum atomic E-state index is 12.3.